The summed E-state index contributed by atoms with van der Waals surface area (Å²) < 4.78 is 0. The lowest BCUT2D eigenvalue weighted by Gasteiger charge is -1.68. The summed E-state index contributed by atoms with van der Waals surface area (Å²) in [7, 11) is 0.854. The van der Waals surface area contributed by atoms with Crippen LogP contribution in [-0.2, 0) is 0 Å². The summed E-state index contributed by atoms with van der Waals surface area (Å²) in [6.45, 7) is 4.02. The smallest absolute Gasteiger partial charge is 0.136 e. The molecule has 0 nitrogen and oxygen atoms in total. The Balaban J connectivity index is 2.79. The molecule has 0 aromatic rings. The quantitative estimate of drug-likeness (QED) is 0.339. The summed E-state index contributed by atoms with van der Waals surface area (Å²) in [5, 5.41) is 0. The lowest BCUT2D eigenvalue weighted by molar-refractivity contribution is 1.47. The van der Waals surface area contributed by atoms with Gasteiger partial charge in [-0.3, -0.25) is 0 Å². The van der Waals surface area contributed by atoms with Crippen molar-refractivity contribution in [3.05, 3.63) is 0 Å². The maximum Gasteiger partial charge on any atom is 0.147 e. The van der Waals surface area contributed by atoms with Crippen molar-refractivity contribution in [2.24, 2.45) is 0 Å². The van der Waals surface area contributed by atoms with Crippen LogP contribution in [0, 0.1) is 11.5 Å². The van der Waals surface area contributed by atoms with Gasteiger partial charge >= 0.3 is 0 Å². The van der Waals surface area contributed by atoms with Gasteiger partial charge < -0.3 is 0 Å². The van der Waals surface area contributed by atoms with Crippen molar-refractivity contribution in [3.8, 4) is 11.5 Å². The van der Waals surface area contributed by atoms with E-state index in [9.17, 15) is 0 Å². The van der Waals surface area contributed by atoms with Gasteiger partial charge in [-0.15, -0.1) is 11.5 Å². The van der Waals surface area contributed by atoms with Crippen LogP contribution in [0.1, 0.15) is 13.8 Å². The molecule has 0 aliphatic rings. The van der Waals surface area contributed by atoms with Crippen molar-refractivity contribution < 1.29 is 0 Å². The van der Waals surface area contributed by atoms with Crippen LogP contribution in [0.2, 0.25) is 6.04 Å². The SMILES string of the molecule is CC#C[Si]CC. The molecule has 0 amide bonds. The first-order chi connectivity index (χ1) is 2.91. The minimum atomic E-state index is 0.854. The predicted molar refractivity (Wildman–Crippen MR) is 29.7 cm³/mol. The van der Waals surface area contributed by atoms with Gasteiger partial charge in [0, 0.05) is 0 Å². The average Bonchev–Trinajstić information content (AvgIpc) is 1.61. The molecule has 0 saturated carbocycles. The van der Waals surface area contributed by atoms with E-state index in [0.717, 1.165) is 9.52 Å². The monoisotopic (exact) mass is 96.0 g/mol. The molecule has 0 rings (SSSR count). The molecular weight excluding hydrogens is 88.1 g/mol. The molecule has 0 N–H and O–H groups in total. The highest BCUT2D eigenvalue weighted by molar-refractivity contribution is 6.45. The van der Waals surface area contributed by atoms with E-state index in [-0.39, 0.29) is 0 Å². The van der Waals surface area contributed by atoms with Gasteiger partial charge in [0.05, 0.1) is 0 Å². The van der Waals surface area contributed by atoms with Crippen LogP contribution in [0.3, 0.4) is 0 Å². The van der Waals surface area contributed by atoms with Gasteiger partial charge in [-0.05, 0) is 6.92 Å². The predicted octanol–water partition coefficient (Wildman–Crippen LogP) is 1.11. The zero-order chi connectivity index (χ0) is 4.83. The third-order valence-corrected chi connectivity index (χ3v) is 1.17. The highest BCUT2D eigenvalue weighted by Gasteiger charge is 1.67. The summed E-state index contributed by atoms with van der Waals surface area (Å²) in [4.78, 5) is 0. The summed E-state index contributed by atoms with van der Waals surface area (Å²) in [5.41, 5.74) is 2.98. The Morgan fingerprint density at radius 2 is 2.33 bits per heavy atom. The molecule has 0 aliphatic carbocycles. The normalized spacial score (nSPS) is 6.33. The fourth-order valence-corrected chi connectivity index (χ4v) is 0.530. The Morgan fingerprint density at radius 3 is 2.50 bits per heavy atom. The van der Waals surface area contributed by atoms with E-state index >= 15 is 0 Å². The van der Waals surface area contributed by atoms with E-state index in [1.54, 1.807) is 0 Å². The number of hydrogen-bond acceptors (Lipinski definition) is 0. The third kappa shape index (κ3) is 3.78. The molecule has 0 aliphatic heterocycles. The first-order valence-corrected chi connectivity index (χ1v) is 3.27. The lowest BCUT2D eigenvalue weighted by atomic mass is 10.8. The first-order valence-electron chi connectivity index (χ1n) is 2.06. The second kappa shape index (κ2) is 4.78. The molecule has 1 heteroatoms. The lowest BCUT2D eigenvalue weighted by Crippen LogP contribution is -1.75. The Labute approximate surface area is 41.8 Å². The minimum absolute atomic E-state index is 0.854. The summed E-state index contributed by atoms with van der Waals surface area (Å²) in [6.07, 6.45) is 0. The van der Waals surface area contributed by atoms with Crippen LogP contribution < -0.4 is 0 Å². The molecule has 0 aromatic heterocycles. The van der Waals surface area contributed by atoms with Crippen molar-refractivity contribution in [2.75, 3.05) is 0 Å². The largest absolute Gasteiger partial charge is 0.147 e. The van der Waals surface area contributed by atoms with Gasteiger partial charge in [0.25, 0.3) is 0 Å². The van der Waals surface area contributed by atoms with Crippen LogP contribution in [0.25, 0.3) is 0 Å². The summed E-state index contributed by atoms with van der Waals surface area (Å²) in [6, 6.07) is 1.21. The molecule has 0 heterocycles. The van der Waals surface area contributed by atoms with Crippen molar-refractivity contribution in [1.29, 1.82) is 0 Å². The Kier molecular flexibility index (Phi) is 4.60. The highest BCUT2D eigenvalue weighted by atomic mass is 28.2. The van der Waals surface area contributed by atoms with Gasteiger partial charge in [-0.1, -0.05) is 13.0 Å². The molecule has 2 radical (unpaired) electrons. The van der Waals surface area contributed by atoms with Gasteiger partial charge in [-0.25, -0.2) is 0 Å². The van der Waals surface area contributed by atoms with Crippen molar-refractivity contribution in [2.45, 2.75) is 19.9 Å². The van der Waals surface area contributed by atoms with Crippen LogP contribution in [0.4, 0.5) is 0 Å². The van der Waals surface area contributed by atoms with Gasteiger partial charge in [0.1, 0.15) is 9.52 Å². The van der Waals surface area contributed by atoms with Crippen molar-refractivity contribution in [1.82, 2.24) is 0 Å². The number of hydrogen-bond donors (Lipinski definition) is 0. The summed E-state index contributed by atoms with van der Waals surface area (Å²) in [5.74, 6) is 2.83. The van der Waals surface area contributed by atoms with E-state index in [4.69, 9.17) is 0 Å². The molecular formula is C5H8Si. The molecule has 0 spiro atoms. The average molecular weight is 96.2 g/mol. The maximum atomic E-state index is 2.98. The molecule has 0 unspecified atom stereocenters. The maximum absolute atomic E-state index is 2.98. The van der Waals surface area contributed by atoms with Crippen LogP contribution >= 0.6 is 0 Å². The number of rotatable bonds is 1. The van der Waals surface area contributed by atoms with E-state index in [2.05, 4.69) is 18.4 Å². The van der Waals surface area contributed by atoms with E-state index in [0.29, 0.717) is 0 Å². The second-order valence-electron chi connectivity index (χ2n) is 0.905. The molecule has 0 saturated heterocycles. The summed E-state index contributed by atoms with van der Waals surface area (Å²) >= 11 is 0. The molecule has 0 fully saturated rings. The molecule has 6 heavy (non-hydrogen) atoms. The van der Waals surface area contributed by atoms with E-state index < -0.39 is 0 Å². The fraction of sp³-hybridized carbons (Fsp3) is 0.600. The van der Waals surface area contributed by atoms with Gasteiger partial charge in [0.2, 0.25) is 0 Å². The zero-order valence-electron chi connectivity index (χ0n) is 4.21. The topological polar surface area (TPSA) is 0 Å². The molecule has 32 valence electrons. The van der Waals surface area contributed by atoms with Crippen LogP contribution in [-0.4, -0.2) is 9.52 Å². The Hall–Kier alpha value is -0.223. The Morgan fingerprint density at radius 1 is 1.67 bits per heavy atom. The molecule has 0 atom stereocenters. The Bertz CT molecular complexity index is 65.7. The zero-order valence-corrected chi connectivity index (χ0v) is 5.21. The third-order valence-electron chi connectivity index (χ3n) is 0.390. The van der Waals surface area contributed by atoms with E-state index in [1.165, 1.54) is 6.04 Å². The molecule has 0 aromatic carbocycles. The highest BCUT2D eigenvalue weighted by Crippen LogP contribution is 1.66. The fourth-order valence-electron chi connectivity index (χ4n) is 0.177. The minimum Gasteiger partial charge on any atom is -0.136 e. The second-order valence-corrected chi connectivity index (χ2v) is 2.22. The standard InChI is InChI=1S/C5H8Si/c1-3-5-6-4-2/h4H2,1-2H3. The van der Waals surface area contributed by atoms with Crippen LogP contribution in [0.5, 0.6) is 0 Å². The van der Waals surface area contributed by atoms with Gasteiger partial charge in [-0.2, -0.15) is 0 Å². The molecule has 0 bridgehead atoms. The van der Waals surface area contributed by atoms with Crippen molar-refractivity contribution in [3.63, 3.8) is 0 Å². The van der Waals surface area contributed by atoms with Crippen molar-refractivity contribution >= 4 is 9.52 Å². The van der Waals surface area contributed by atoms with Gasteiger partial charge in [0.15, 0.2) is 0 Å². The van der Waals surface area contributed by atoms with Crippen LogP contribution in [0.15, 0.2) is 0 Å². The van der Waals surface area contributed by atoms with E-state index in [1.807, 2.05) is 6.92 Å². The first kappa shape index (κ1) is 5.78.